The van der Waals surface area contributed by atoms with Gasteiger partial charge in [0.2, 0.25) is 0 Å². The summed E-state index contributed by atoms with van der Waals surface area (Å²) in [5, 5.41) is 11.8. The number of alkyl halides is 3. The molecular weight excluding hydrogens is 385 g/mol. The van der Waals surface area contributed by atoms with Gasteiger partial charge in [-0.15, -0.1) is 11.3 Å². The lowest BCUT2D eigenvalue weighted by atomic mass is 10.1. The van der Waals surface area contributed by atoms with Crippen molar-refractivity contribution in [3.8, 4) is 17.4 Å². The summed E-state index contributed by atoms with van der Waals surface area (Å²) in [5.74, 6) is 0.498. The Morgan fingerprint density at radius 3 is 2.69 bits per heavy atom. The summed E-state index contributed by atoms with van der Waals surface area (Å²) in [6.07, 6.45) is -2.99. The van der Waals surface area contributed by atoms with E-state index in [2.05, 4.69) is 4.98 Å². The molecule has 132 valence electrons. The number of rotatable bonds is 3. The Kier molecular flexibility index (Phi) is 4.90. The molecule has 3 rings (SSSR count). The minimum Gasteiger partial charge on any atom is -0.457 e. The van der Waals surface area contributed by atoms with E-state index in [0.717, 1.165) is 17.8 Å². The average Bonchev–Trinajstić information content (AvgIpc) is 3.21. The first-order chi connectivity index (χ1) is 12.3. The molecule has 8 heteroatoms. The zero-order valence-electron chi connectivity index (χ0n) is 13.3. The van der Waals surface area contributed by atoms with Crippen LogP contribution in [0, 0.1) is 18.3 Å². The molecular formula is C18H10ClF3N2OS. The fourth-order valence-electron chi connectivity index (χ4n) is 2.23. The van der Waals surface area contributed by atoms with E-state index in [-0.39, 0.29) is 16.3 Å². The van der Waals surface area contributed by atoms with Crippen molar-refractivity contribution in [3.05, 3.63) is 62.8 Å². The molecule has 3 nitrogen and oxygen atoms in total. The topological polar surface area (TPSA) is 49.8 Å². The highest BCUT2D eigenvalue weighted by atomic mass is 35.5. The number of allylic oxidation sites excluding steroid dienone is 1. The smallest absolute Gasteiger partial charge is 0.416 e. The number of aryl methyl sites for hydroxylation is 1. The molecule has 1 aromatic carbocycles. The lowest BCUT2D eigenvalue weighted by Gasteiger charge is -2.09. The molecule has 0 atom stereocenters. The minimum absolute atomic E-state index is 0.129. The van der Waals surface area contributed by atoms with Gasteiger partial charge in [-0.25, -0.2) is 4.98 Å². The Labute approximate surface area is 156 Å². The first kappa shape index (κ1) is 18.2. The molecule has 2 heterocycles. The molecule has 0 aliphatic carbocycles. The zero-order chi connectivity index (χ0) is 18.9. The Morgan fingerprint density at radius 2 is 2.08 bits per heavy atom. The quantitative estimate of drug-likeness (QED) is 0.480. The third-order valence-corrected chi connectivity index (χ3v) is 4.77. The highest BCUT2D eigenvalue weighted by Gasteiger charge is 2.31. The van der Waals surface area contributed by atoms with Gasteiger partial charge in [-0.2, -0.15) is 18.4 Å². The van der Waals surface area contributed by atoms with Gasteiger partial charge in [0.05, 0.1) is 16.2 Å². The molecule has 0 fully saturated rings. The highest BCUT2D eigenvalue weighted by molar-refractivity contribution is 7.11. The van der Waals surface area contributed by atoms with Crippen LogP contribution >= 0.6 is 22.9 Å². The Bertz CT molecular complexity index is 1030. The van der Waals surface area contributed by atoms with E-state index in [1.54, 1.807) is 6.07 Å². The molecule has 0 unspecified atom stereocenters. The molecule has 0 saturated heterocycles. The molecule has 0 aliphatic heterocycles. The maximum absolute atomic E-state index is 12.9. The number of thiazole rings is 1. The van der Waals surface area contributed by atoms with Crippen LogP contribution in [0.4, 0.5) is 13.2 Å². The number of hydrogen-bond donors (Lipinski definition) is 0. The normalized spacial score (nSPS) is 12.2. The number of benzene rings is 1. The maximum atomic E-state index is 12.9. The van der Waals surface area contributed by atoms with Crippen molar-refractivity contribution in [2.24, 2.45) is 0 Å². The molecule has 2 aromatic heterocycles. The fraction of sp³-hybridized carbons (Fsp3) is 0.111. The van der Waals surface area contributed by atoms with Crippen molar-refractivity contribution in [3.63, 3.8) is 0 Å². The van der Waals surface area contributed by atoms with Crippen LogP contribution in [-0.2, 0) is 6.18 Å². The van der Waals surface area contributed by atoms with Gasteiger partial charge in [-0.3, -0.25) is 0 Å². The van der Waals surface area contributed by atoms with Crippen molar-refractivity contribution < 1.29 is 17.6 Å². The first-order valence-electron chi connectivity index (χ1n) is 7.29. The van der Waals surface area contributed by atoms with Crippen LogP contribution in [0.25, 0.3) is 23.0 Å². The standard InChI is InChI=1S/C18H10ClF3N2OS/c1-10-9-26-17(24-10)11(8-23)6-13-3-5-16(25-13)14-7-12(18(20,21)22)2-4-15(14)19/h2-7,9H,1H3. The van der Waals surface area contributed by atoms with E-state index in [9.17, 15) is 18.4 Å². The van der Waals surface area contributed by atoms with Crippen LogP contribution in [0.2, 0.25) is 5.02 Å². The van der Waals surface area contributed by atoms with Crippen LogP contribution in [0.15, 0.2) is 40.1 Å². The average molecular weight is 395 g/mol. The van der Waals surface area contributed by atoms with E-state index < -0.39 is 11.7 Å². The van der Waals surface area contributed by atoms with E-state index >= 15 is 0 Å². The van der Waals surface area contributed by atoms with Crippen LogP contribution < -0.4 is 0 Å². The number of hydrogen-bond acceptors (Lipinski definition) is 4. The largest absolute Gasteiger partial charge is 0.457 e. The first-order valence-corrected chi connectivity index (χ1v) is 8.55. The van der Waals surface area contributed by atoms with Crippen molar-refractivity contribution in [1.29, 1.82) is 5.26 Å². The Hall–Kier alpha value is -2.56. The van der Waals surface area contributed by atoms with Gasteiger partial charge < -0.3 is 4.42 Å². The maximum Gasteiger partial charge on any atom is 0.416 e. The van der Waals surface area contributed by atoms with E-state index in [1.807, 2.05) is 18.4 Å². The zero-order valence-corrected chi connectivity index (χ0v) is 14.8. The second-order valence-corrected chi connectivity index (χ2v) is 6.62. The fourth-order valence-corrected chi connectivity index (χ4v) is 3.20. The van der Waals surface area contributed by atoms with Gasteiger partial charge in [0.1, 0.15) is 22.6 Å². The van der Waals surface area contributed by atoms with Crippen molar-refractivity contribution in [2.75, 3.05) is 0 Å². The lowest BCUT2D eigenvalue weighted by Crippen LogP contribution is -2.04. The summed E-state index contributed by atoms with van der Waals surface area (Å²) in [6, 6.07) is 8.14. The molecule has 0 aliphatic rings. The van der Waals surface area contributed by atoms with Gasteiger partial charge in [-0.1, -0.05) is 11.6 Å². The van der Waals surface area contributed by atoms with Crippen LogP contribution in [0.3, 0.4) is 0 Å². The monoisotopic (exact) mass is 394 g/mol. The summed E-state index contributed by atoms with van der Waals surface area (Å²) in [7, 11) is 0. The summed E-state index contributed by atoms with van der Waals surface area (Å²) in [4.78, 5) is 4.24. The van der Waals surface area contributed by atoms with Crippen LogP contribution in [0.5, 0.6) is 0 Å². The molecule has 0 bridgehead atoms. The van der Waals surface area contributed by atoms with E-state index in [1.165, 1.54) is 29.5 Å². The van der Waals surface area contributed by atoms with Gasteiger partial charge in [0.25, 0.3) is 0 Å². The second kappa shape index (κ2) is 6.98. The molecule has 0 spiro atoms. The third kappa shape index (κ3) is 3.82. The summed E-state index contributed by atoms with van der Waals surface area (Å²) < 4.78 is 44.3. The SMILES string of the molecule is Cc1csc(C(C#N)=Cc2ccc(-c3cc(C(F)(F)F)ccc3Cl)o2)n1. The van der Waals surface area contributed by atoms with E-state index in [4.69, 9.17) is 16.0 Å². The molecule has 0 N–H and O–H groups in total. The number of furan rings is 1. The highest BCUT2D eigenvalue weighted by Crippen LogP contribution is 2.37. The van der Waals surface area contributed by atoms with Crippen molar-refractivity contribution in [1.82, 2.24) is 4.98 Å². The van der Waals surface area contributed by atoms with E-state index in [0.29, 0.717) is 16.3 Å². The molecule has 0 saturated carbocycles. The van der Waals surface area contributed by atoms with Gasteiger partial charge in [0, 0.05) is 22.7 Å². The second-order valence-electron chi connectivity index (χ2n) is 5.36. The van der Waals surface area contributed by atoms with Crippen molar-refractivity contribution in [2.45, 2.75) is 13.1 Å². The summed E-state index contributed by atoms with van der Waals surface area (Å²) in [6.45, 7) is 1.82. The number of nitriles is 1. The number of halogens is 4. The van der Waals surface area contributed by atoms with Gasteiger partial charge in [0.15, 0.2) is 0 Å². The lowest BCUT2D eigenvalue weighted by molar-refractivity contribution is -0.137. The minimum atomic E-state index is -4.48. The summed E-state index contributed by atoms with van der Waals surface area (Å²) >= 11 is 7.34. The molecule has 26 heavy (non-hydrogen) atoms. The van der Waals surface area contributed by atoms with Crippen molar-refractivity contribution >= 4 is 34.6 Å². The summed E-state index contributed by atoms with van der Waals surface area (Å²) in [5.41, 5.74) is 0.410. The molecule has 3 aromatic rings. The third-order valence-electron chi connectivity index (χ3n) is 3.44. The molecule has 0 radical (unpaired) electrons. The Morgan fingerprint density at radius 1 is 1.31 bits per heavy atom. The van der Waals surface area contributed by atoms with Crippen LogP contribution in [0.1, 0.15) is 22.0 Å². The predicted molar refractivity (Wildman–Crippen MR) is 94.5 cm³/mol. The van der Waals surface area contributed by atoms with Gasteiger partial charge >= 0.3 is 6.18 Å². The van der Waals surface area contributed by atoms with Gasteiger partial charge in [-0.05, 0) is 37.3 Å². The number of nitrogens with zero attached hydrogens (tertiary/aromatic N) is 2. The molecule has 0 amide bonds. The van der Waals surface area contributed by atoms with Crippen LogP contribution in [-0.4, -0.2) is 4.98 Å². The number of aromatic nitrogens is 1. The predicted octanol–water partition coefficient (Wildman–Crippen LogP) is 6.45. The Balaban J connectivity index is 1.98.